The van der Waals surface area contributed by atoms with E-state index in [1.807, 2.05) is 0 Å². The quantitative estimate of drug-likeness (QED) is 0.212. The van der Waals surface area contributed by atoms with E-state index >= 15 is 0 Å². The fourth-order valence-electron chi connectivity index (χ4n) is 0.650. The zero-order valence-electron chi connectivity index (χ0n) is 8.12. The summed E-state index contributed by atoms with van der Waals surface area (Å²) in [5, 5.41) is 0. The van der Waals surface area contributed by atoms with Crippen molar-refractivity contribution in [1.29, 1.82) is 0 Å². The Kier molecular flexibility index (Phi) is 5.59. The zero-order chi connectivity index (χ0) is 10.3. The van der Waals surface area contributed by atoms with Gasteiger partial charge >= 0.3 is 5.97 Å². The molecular formula is C9H14O4. The molecule has 0 bridgehead atoms. The van der Waals surface area contributed by atoms with E-state index in [0.29, 0.717) is 6.61 Å². The SMILES string of the molecule is CCO/C=C(\C(C)=O)C(=O)OCC. The van der Waals surface area contributed by atoms with Gasteiger partial charge in [-0.1, -0.05) is 0 Å². The number of rotatable bonds is 5. The number of hydrogen-bond acceptors (Lipinski definition) is 4. The molecule has 0 fully saturated rings. The van der Waals surface area contributed by atoms with Gasteiger partial charge in [0.25, 0.3) is 0 Å². The molecule has 0 N–H and O–H groups in total. The van der Waals surface area contributed by atoms with Crippen molar-refractivity contribution >= 4 is 11.8 Å². The lowest BCUT2D eigenvalue weighted by atomic mass is 10.2. The number of ketones is 1. The van der Waals surface area contributed by atoms with Gasteiger partial charge < -0.3 is 9.47 Å². The molecule has 74 valence electrons. The lowest BCUT2D eigenvalue weighted by Crippen LogP contribution is -2.14. The van der Waals surface area contributed by atoms with Crippen LogP contribution in [0.5, 0.6) is 0 Å². The minimum atomic E-state index is -0.636. The number of hydrogen-bond donors (Lipinski definition) is 0. The summed E-state index contributed by atoms with van der Waals surface area (Å²) in [5.41, 5.74) is -0.0521. The van der Waals surface area contributed by atoms with Crippen molar-refractivity contribution in [1.82, 2.24) is 0 Å². The highest BCUT2D eigenvalue weighted by Crippen LogP contribution is 2.00. The summed E-state index contributed by atoms with van der Waals surface area (Å²) in [6.07, 6.45) is 1.14. The van der Waals surface area contributed by atoms with E-state index in [4.69, 9.17) is 4.74 Å². The van der Waals surface area contributed by atoms with Crippen molar-refractivity contribution in [3.8, 4) is 0 Å². The van der Waals surface area contributed by atoms with Crippen LogP contribution in [0.4, 0.5) is 0 Å². The van der Waals surface area contributed by atoms with Gasteiger partial charge in [-0.25, -0.2) is 4.79 Å². The molecule has 0 amide bonds. The third kappa shape index (κ3) is 4.30. The summed E-state index contributed by atoms with van der Waals surface area (Å²) in [5.74, 6) is -0.990. The van der Waals surface area contributed by atoms with Crippen molar-refractivity contribution in [3.05, 3.63) is 11.8 Å². The minimum Gasteiger partial charge on any atom is -0.500 e. The molecule has 0 aromatic carbocycles. The Labute approximate surface area is 77.5 Å². The molecule has 0 saturated heterocycles. The molecule has 13 heavy (non-hydrogen) atoms. The fraction of sp³-hybridized carbons (Fsp3) is 0.556. The highest BCUT2D eigenvalue weighted by molar-refractivity contribution is 6.16. The highest BCUT2D eigenvalue weighted by Gasteiger charge is 2.15. The van der Waals surface area contributed by atoms with Crippen LogP contribution in [-0.2, 0) is 19.1 Å². The minimum absolute atomic E-state index is 0.0521. The maximum Gasteiger partial charge on any atom is 0.344 e. The lowest BCUT2D eigenvalue weighted by Gasteiger charge is -2.03. The van der Waals surface area contributed by atoms with Crippen LogP contribution in [0.1, 0.15) is 20.8 Å². The highest BCUT2D eigenvalue weighted by atomic mass is 16.5. The fourth-order valence-corrected chi connectivity index (χ4v) is 0.650. The summed E-state index contributed by atoms with van der Waals surface area (Å²) < 4.78 is 9.50. The smallest absolute Gasteiger partial charge is 0.344 e. The van der Waals surface area contributed by atoms with Gasteiger partial charge in [0.2, 0.25) is 0 Å². The van der Waals surface area contributed by atoms with Gasteiger partial charge in [0.1, 0.15) is 11.8 Å². The summed E-state index contributed by atoms with van der Waals surface area (Å²) in [6, 6.07) is 0. The Morgan fingerprint density at radius 2 is 1.85 bits per heavy atom. The number of ether oxygens (including phenoxy) is 2. The Morgan fingerprint density at radius 1 is 1.23 bits per heavy atom. The standard InChI is InChI=1S/C9H14O4/c1-4-12-6-8(7(3)10)9(11)13-5-2/h6H,4-5H2,1-3H3/b8-6+. The van der Waals surface area contributed by atoms with E-state index in [-0.39, 0.29) is 18.0 Å². The van der Waals surface area contributed by atoms with Crippen LogP contribution in [0, 0.1) is 0 Å². The molecule has 0 aromatic heterocycles. The van der Waals surface area contributed by atoms with Gasteiger partial charge in [-0.15, -0.1) is 0 Å². The molecule has 0 rings (SSSR count). The van der Waals surface area contributed by atoms with Crippen LogP contribution in [0.25, 0.3) is 0 Å². The molecule has 0 aliphatic carbocycles. The first-order valence-electron chi connectivity index (χ1n) is 4.13. The van der Waals surface area contributed by atoms with Crippen LogP contribution < -0.4 is 0 Å². The first-order chi connectivity index (χ1) is 6.13. The van der Waals surface area contributed by atoms with Crippen molar-refractivity contribution < 1.29 is 19.1 Å². The number of carbonyl (C=O) groups excluding carboxylic acids is 2. The van der Waals surface area contributed by atoms with Gasteiger partial charge in [0, 0.05) is 0 Å². The Balaban J connectivity index is 4.41. The second-order valence-electron chi connectivity index (χ2n) is 2.26. The van der Waals surface area contributed by atoms with Crippen LogP contribution in [-0.4, -0.2) is 25.0 Å². The number of Topliss-reactive ketones (excluding diaryl/α,β-unsaturated/α-hetero) is 1. The topological polar surface area (TPSA) is 52.6 Å². The monoisotopic (exact) mass is 186 g/mol. The molecule has 0 aromatic rings. The third-order valence-corrected chi connectivity index (χ3v) is 1.24. The molecule has 0 radical (unpaired) electrons. The lowest BCUT2D eigenvalue weighted by molar-refractivity contribution is -0.140. The first-order valence-corrected chi connectivity index (χ1v) is 4.13. The molecule has 0 saturated carbocycles. The van der Waals surface area contributed by atoms with Gasteiger partial charge in [-0.3, -0.25) is 4.79 Å². The van der Waals surface area contributed by atoms with Crippen LogP contribution >= 0.6 is 0 Å². The van der Waals surface area contributed by atoms with Gasteiger partial charge in [0.05, 0.1) is 13.2 Å². The van der Waals surface area contributed by atoms with Crippen molar-refractivity contribution in [2.24, 2.45) is 0 Å². The van der Waals surface area contributed by atoms with E-state index in [9.17, 15) is 9.59 Å². The predicted octanol–water partition coefficient (Wildman–Crippen LogP) is 1.06. The van der Waals surface area contributed by atoms with Gasteiger partial charge in [-0.05, 0) is 20.8 Å². The summed E-state index contributed by atoms with van der Waals surface area (Å²) in [4.78, 5) is 22.0. The zero-order valence-corrected chi connectivity index (χ0v) is 8.12. The first kappa shape index (κ1) is 11.7. The van der Waals surface area contributed by atoms with Crippen LogP contribution in [0.15, 0.2) is 11.8 Å². The van der Waals surface area contributed by atoms with Gasteiger partial charge in [-0.2, -0.15) is 0 Å². The summed E-state index contributed by atoms with van der Waals surface area (Å²) >= 11 is 0. The van der Waals surface area contributed by atoms with E-state index < -0.39 is 5.97 Å². The second kappa shape index (κ2) is 6.22. The summed E-state index contributed by atoms with van der Waals surface area (Å²) in [6.45, 7) is 5.39. The Bertz CT molecular complexity index is 218. The Morgan fingerprint density at radius 3 is 2.23 bits per heavy atom. The molecular weight excluding hydrogens is 172 g/mol. The van der Waals surface area contributed by atoms with E-state index in [0.717, 1.165) is 6.26 Å². The average molecular weight is 186 g/mol. The molecule has 0 aliphatic heterocycles. The molecule has 4 nitrogen and oxygen atoms in total. The number of carbonyl (C=O) groups is 2. The van der Waals surface area contributed by atoms with Crippen molar-refractivity contribution in [2.45, 2.75) is 20.8 Å². The largest absolute Gasteiger partial charge is 0.500 e. The van der Waals surface area contributed by atoms with E-state index in [1.165, 1.54) is 6.92 Å². The second-order valence-corrected chi connectivity index (χ2v) is 2.26. The molecule has 0 unspecified atom stereocenters. The predicted molar refractivity (Wildman–Crippen MR) is 47.0 cm³/mol. The molecule has 0 heterocycles. The molecule has 0 atom stereocenters. The van der Waals surface area contributed by atoms with Crippen LogP contribution in [0.2, 0.25) is 0 Å². The van der Waals surface area contributed by atoms with Crippen LogP contribution in [0.3, 0.4) is 0 Å². The van der Waals surface area contributed by atoms with Crippen molar-refractivity contribution in [2.75, 3.05) is 13.2 Å². The Hall–Kier alpha value is -1.32. The van der Waals surface area contributed by atoms with E-state index in [1.54, 1.807) is 13.8 Å². The maximum atomic E-state index is 11.1. The molecule has 4 heteroatoms. The van der Waals surface area contributed by atoms with E-state index in [2.05, 4.69) is 4.74 Å². The third-order valence-electron chi connectivity index (χ3n) is 1.24. The summed E-state index contributed by atoms with van der Waals surface area (Å²) in [7, 11) is 0. The normalized spacial score (nSPS) is 10.8. The maximum absolute atomic E-state index is 11.1. The molecule has 0 aliphatic rings. The van der Waals surface area contributed by atoms with Crippen molar-refractivity contribution in [3.63, 3.8) is 0 Å². The molecule has 0 spiro atoms. The average Bonchev–Trinajstić information content (AvgIpc) is 2.05. The van der Waals surface area contributed by atoms with Gasteiger partial charge in [0.15, 0.2) is 5.78 Å². The number of esters is 1.